The zero-order valence-corrected chi connectivity index (χ0v) is 13.8. The third-order valence-corrected chi connectivity index (χ3v) is 3.83. The maximum absolute atomic E-state index is 12.2. The number of hydrogen-bond acceptors (Lipinski definition) is 3. The number of nitrogens with zero attached hydrogens (tertiary/aromatic N) is 2. The first-order valence-electron chi connectivity index (χ1n) is 7.79. The van der Waals surface area contributed by atoms with Crippen LogP contribution in [0, 0.1) is 13.8 Å². The molecule has 0 aliphatic rings. The summed E-state index contributed by atoms with van der Waals surface area (Å²) in [5.74, 6) is 0.721. The van der Waals surface area contributed by atoms with Gasteiger partial charge in [-0.15, -0.1) is 0 Å². The molecule has 0 radical (unpaired) electrons. The summed E-state index contributed by atoms with van der Waals surface area (Å²) in [4.78, 5) is 16.8. The molecule has 0 unspecified atom stereocenters. The molecule has 0 bridgehead atoms. The first-order valence-corrected chi connectivity index (χ1v) is 7.79. The van der Waals surface area contributed by atoms with Crippen molar-refractivity contribution in [2.75, 3.05) is 11.1 Å². The predicted molar refractivity (Wildman–Crippen MR) is 96.2 cm³/mol. The molecule has 5 heteroatoms. The smallest absolute Gasteiger partial charge is 0.230 e. The van der Waals surface area contributed by atoms with Gasteiger partial charge in [0, 0.05) is 22.8 Å². The number of pyridine rings is 1. The van der Waals surface area contributed by atoms with Crippen molar-refractivity contribution in [3.63, 3.8) is 0 Å². The van der Waals surface area contributed by atoms with Gasteiger partial charge in [-0.05, 0) is 62.4 Å². The van der Waals surface area contributed by atoms with Crippen LogP contribution in [0.4, 0.5) is 11.4 Å². The fourth-order valence-electron chi connectivity index (χ4n) is 2.66. The number of hydrogen-bond donors (Lipinski definition) is 2. The number of rotatable bonds is 4. The van der Waals surface area contributed by atoms with Crippen molar-refractivity contribution in [1.29, 1.82) is 0 Å². The van der Waals surface area contributed by atoms with Crippen LogP contribution in [-0.2, 0) is 11.2 Å². The minimum atomic E-state index is -0.106. The highest BCUT2D eigenvalue weighted by molar-refractivity contribution is 5.92. The van der Waals surface area contributed by atoms with Gasteiger partial charge in [-0.25, -0.2) is 4.98 Å². The van der Waals surface area contributed by atoms with Crippen molar-refractivity contribution in [2.45, 2.75) is 20.3 Å². The molecule has 1 amide bonds. The molecule has 0 saturated carbocycles. The fraction of sp³-hybridized carbons (Fsp3) is 0.158. The summed E-state index contributed by atoms with van der Waals surface area (Å²) < 4.78 is 2.07. The second-order valence-electron chi connectivity index (χ2n) is 5.79. The van der Waals surface area contributed by atoms with Crippen LogP contribution < -0.4 is 11.1 Å². The van der Waals surface area contributed by atoms with Gasteiger partial charge in [0.2, 0.25) is 5.91 Å². The normalized spacial score (nSPS) is 10.6. The molecule has 0 aliphatic carbocycles. The predicted octanol–water partition coefficient (Wildman–Crippen LogP) is 3.25. The number of aromatic nitrogens is 2. The zero-order chi connectivity index (χ0) is 17.1. The van der Waals surface area contributed by atoms with Crippen LogP contribution in [-0.4, -0.2) is 15.5 Å². The van der Waals surface area contributed by atoms with Crippen molar-refractivity contribution in [3.8, 4) is 5.82 Å². The molecule has 24 heavy (non-hydrogen) atoms. The van der Waals surface area contributed by atoms with E-state index in [-0.39, 0.29) is 12.3 Å². The third-order valence-electron chi connectivity index (χ3n) is 3.83. The summed E-state index contributed by atoms with van der Waals surface area (Å²) in [6.07, 6.45) is 0.220. The summed E-state index contributed by atoms with van der Waals surface area (Å²) in [6.45, 7) is 4.07. The Morgan fingerprint density at radius 3 is 2.38 bits per heavy atom. The minimum Gasteiger partial charge on any atom is -0.399 e. The molecule has 0 fully saturated rings. The van der Waals surface area contributed by atoms with Crippen molar-refractivity contribution < 1.29 is 4.79 Å². The molecule has 0 aliphatic heterocycles. The molecule has 5 nitrogen and oxygen atoms in total. The van der Waals surface area contributed by atoms with E-state index < -0.39 is 0 Å². The highest BCUT2D eigenvalue weighted by Crippen LogP contribution is 2.15. The van der Waals surface area contributed by atoms with Gasteiger partial charge >= 0.3 is 0 Å². The van der Waals surface area contributed by atoms with E-state index in [9.17, 15) is 4.79 Å². The number of nitrogens with two attached hydrogens (primary N) is 1. The quantitative estimate of drug-likeness (QED) is 0.725. The number of amides is 1. The Morgan fingerprint density at radius 2 is 1.71 bits per heavy atom. The maximum atomic E-state index is 12.2. The number of nitrogens with one attached hydrogen (secondary N) is 1. The van der Waals surface area contributed by atoms with E-state index in [2.05, 4.69) is 27.0 Å². The van der Waals surface area contributed by atoms with Gasteiger partial charge in [-0.1, -0.05) is 6.07 Å². The van der Waals surface area contributed by atoms with Gasteiger partial charge in [0.05, 0.1) is 12.1 Å². The van der Waals surface area contributed by atoms with E-state index >= 15 is 0 Å². The first-order chi connectivity index (χ1) is 11.5. The maximum Gasteiger partial charge on any atom is 0.230 e. The molecular formula is C19H20N4O. The van der Waals surface area contributed by atoms with Gasteiger partial charge < -0.3 is 15.6 Å². The Kier molecular flexibility index (Phi) is 4.33. The van der Waals surface area contributed by atoms with Gasteiger partial charge in [0.1, 0.15) is 5.82 Å². The van der Waals surface area contributed by atoms with Crippen LogP contribution in [0.5, 0.6) is 0 Å². The topological polar surface area (TPSA) is 72.9 Å². The molecule has 0 atom stereocenters. The molecule has 0 spiro atoms. The van der Waals surface area contributed by atoms with Crippen molar-refractivity contribution >= 4 is 17.3 Å². The average Bonchev–Trinajstić information content (AvgIpc) is 2.89. The van der Waals surface area contributed by atoms with E-state index in [0.29, 0.717) is 5.69 Å². The van der Waals surface area contributed by atoms with Crippen molar-refractivity contribution in [3.05, 3.63) is 71.7 Å². The van der Waals surface area contributed by atoms with Crippen LogP contribution in [0.2, 0.25) is 0 Å². The number of carbonyl (C=O) groups is 1. The molecule has 3 rings (SSSR count). The van der Waals surface area contributed by atoms with E-state index in [1.807, 2.05) is 32.0 Å². The van der Waals surface area contributed by atoms with Crippen LogP contribution in [0.1, 0.15) is 17.1 Å². The zero-order valence-electron chi connectivity index (χ0n) is 13.8. The van der Waals surface area contributed by atoms with E-state index in [1.54, 1.807) is 24.3 Å². The molecular weight excluding hydrogens is 300 g/mol. The minimum absolute atomic E-state index is 0.106. The van der Waals surface area contributed by atoms with Crippen molar-refractivity contribution in [2.24, 2.45) is 0 Å². The lowest BCUT2D eigenvalue weighted by Crippen LogP contribution is -2.15. The Morgan fingerprint density at radius 1 is 1.04 bits per heavy atom. The van der Waals surface area contributed by atoms with Gasteiger partial charge in [0.15, 0.2) is 0 Å². The van der Waals surface area contributed by atoms with E-state index in [1.165, 1.54) is 0 Å². The lowest BCUT2D eigenvalue weighted by Gasteiger charge is -2.10. The van der Waals surface area contributed by atoms with E-state index in [4.69, 9.17) is 5.73 Å². The van der Waals surface area contributed by atoms with Crippen LogP contribution in [0.15, 0.2) is 54.6 Å². The number of benzene rings is 1. The van der Waals surface area contributed by atoms with Crippen LogP contribution >= 0.6 is 0 Å². The Bertz CT molecular complexity index is 846. The average molecular weight is 320 g/mol. The monoisotopic (exact) mass is 320 g/mol. The number of anilines is 2. The molecule has 2 heterocycles. The molecule has 3 aromatic rings. The Labute approximate surface area is 141 Å². The van der Waals surface area contributed by atoms with Crippen molar-refractivity contribution in [1.82, 2.24) is 9.55 Å². The largest absolute Gasteiger partial charge is 0.399 e. The summed E-state index contributed by atoms with van der Waals surface area (Å²) in [7, 11) is 0. The molecule has 0 saturated heterocycles. The highest BCUT2D eigenvalue weighted by Gasteiger charge is 2.09. The summed E-state index contributed by atoms with van der Waals surface area (Å²) in [6, 6.07) is 16.9. The summed E-state index contributed by atoms with van der Waals surface area (Å²) in [5.41, 5.74) is 9.99. The Hall–Kier alpha value is -3.08. The second kappa shape index (κ2) is 6.58. The van der Waals surface area contributed by atoms with Gasteiger partial charge in [-0.3, -0.25) is 4.79 Å². The SMILES string of the molecule is Cc1ccc(C)n1-c1cccc(CC(=O)Nc2ccc(N)cc2)n1. The third kappa shape index (κ3) is 3.46. The molecule has 1 aromatic carbocycles. The standard InChI is InChI=1S/C19H20N4O/c1-13-6-7-14(2)23(13)18-5-3-4-17(21-18)12-19(24)22-16-10-8-15(20)9-11-16/h3-11H,12,20H2,1-2H3,(H,22,24). The highest BCUT2D eigenvalue weighted by atomic mass is 16.1. The van der Waals surface area contributed by atoms with Gasteiger partial charge in [-0.2, -0.15) is 0 Å². The lowest BCUT2D eigenvalue weighted by atomic mass is 10.2. The Balaban J connectivity index is 1.75. The molecule has 2 aromatic heterocycles. The van der Waals surface area contributed by atoms with Crippen LogP contribution in [0.25, 0.3) is 5.82 Å². The summed E-state index contributed by atoms with van der Waals surface area (Å²) in [5, 5.41) is 2.85. The molecule has 122 valence electrons. The fourth-order valence-corrected chi connectivity index (χ4v) is 2.66. The van der Waals surface area contributed by atoms with Gasteiger partial charge in [0.25, 0.3) is 0 Å². The second-order valence-corrected chi connectivity index (χ2v) is 5.79. The molecule has 3 N–H and O–H groups in total. The first kappa shape index (κ1) is 15.8. The number of aryl methyl sites for hydroxylation is 2. The summed E-state index contributed by atoms with van der Waals surface area (Å²) >= 11 is 0. The lowest BCUT2D eigenvalue weighted by molar-refractivity contribution is -0.115. The number of carbonyl (C=O) groups excluding carboxylic acids is 1. The van der Waals surface area contributed by atoms with E-state index in [0.717, 1.165) is 28.6 Å². The number of nitrogen functional groups attached to an aromatic ring is 1. The van der Waals surface area contributed by atoms with Crippen LogP contribution in [0.3, 0.4) is 0 Å².